The Hall–Kier alpha value is -1.20. The molecule has 2 aromatic rings. The molecule has 0 radical (unpaired) electrons. The zero-order valence-electron chi connectivity index (χ0n) is 14.7. The Morgan fingerprint density at radius 2 is 2.04 bits per heavy atom. The first-order valence-electron chi connectivity index (χ1n) is 8.64. The minimum Gasteiger partial charge on any atom is -0.309 e. The molecule has 0 aliphatic heterocycles. The average Bonchev–Trinajstić information content (AvgIpc) is 2.79. The zero-order chi connectivity index (χ0) is 16.7. The second kappa shape index (κ2) is 6.36. The number of aryl methyl sites for hydroxylation is 2. The number of hydrogen-bond donors (Lipinski definition) is 2. The molecular weight excluding hydrogens is 306 g/mol. The highest BCUT2D eigenvalue weighted by atomic mass is 32.1. The fourth-order valence-corrected chi connectivity index (χ4v) is 4.73. The largest absolute Gasteiger partial charge is 0.309 e. The lowest BCUT2D eigenvalue weighted by atomic mass is 9.78. The van der Waals surface area contributed by atoms with Gasteiger partial charge in [-0.2, -0.15) is 0 Å². The first kappa shape index (κ1) is 16.7. The quantitative estimate of drug-likeness (QED) is 0.890. The summed E-state index contributed by atoms with van der Waals surface area (Å²) in [6.07, 6.45) is 3.81. The average molecular weight is 334 g/mol. The zero-order valence-corrected chi connectivity index (χ0v) is 15.5. The van der Waals surface area contributed by atoms with Crippen molar-refractivity contribution in [1.29, 1.82) is 0 Å². The van der Waals surface area contributed by atoms with E-state index < -0.39 is 0 Å². The number of nitrogens with one attached hydrogen (secondary N) is 2. The number of rotatable bonds is 3. The van der Waals surface area contributed by atoms with Gasteiger partial charge in [-0.05, 0) is 44.6 Å². The van der Waals surface area contributed by atoms with Crippen molar-refractivity contribution in [3.05, 3.63) is 26.6 Å². The van der Waals surface area contributed by atoms with E-state index in [9.17, 15) is 4.79 Å². The molecule has 1 fully saturated rings. The van der Waals surface area contributed by atoms with Gasteiger partial charge >= 0.3 is 0 Å². The molecule has 0 spiro atoms. The standard InChI is InChI=1S/C18H27N3OS/c1-9-7-6-8-14(10(9)2)19-12(4)16-20-17(22)15-11(3)13(5)23-18(15)21-16/h9-10,12,14,19H,6-8H2,1-5H3,(H,20,21,22)/t9-,10-,12+,14-/m1/s1. The number of thiophene rings is 1. The molecule has 2 aromatic heterocycles. The van der Waals surface area contributed by atoms with Crippen molar-refractivity contribution in [3.63, 3.8) is 0 Å². The summed E-state index contributed by atoms with van der Waals surface area (Å²) in [4.78, 5) is 22.2. The summed E-state index contributed by atoms with van der Waals surface area (Å²) in [6.45, 7) is 10.8. The van der Waals surface area contributed by atoms with Crippen LogP contribution in [0.25, 0.3) is 10.2 Å². The first-order chi connectivity index (χ1) is 10.9. The van der Waals surface area contributed by atoms with Crippen molar-refractivity contribution in [2.24, 2.45) is 11.8 Å². The highest BCUT2D eigenvalue weighted by Crippen LogP contribution is 2.31. The lowest BCUT2D eigenvalue weighted by Crippen LogP contribution is -2.42. The second-order valence-electron chi connectivity index (χ2n) is 7.18. The van der Waals surface area contributed by atoms with Crippen LogP contribution in [0.3, 0.4) is 0 Å². The van der Waals surface area contributed by atoms with Crippen LogP contribution in [0.15, 0.2) is 4.79 Å². The number of nitrogens with zero attached hydrogens (tertiary/aromatic N) is 1. The Morgan fingerprint density at radius 1 is 1.30 bits per heavy atom. The van der Waals surface area contributed by atoms with Crippen LogP contribution in [-0.2, 0) is 0 Å². The third-order valence-corrected chi connectivity index (χ3v) is 6.74. The lowest BCUT2D eigenvalue weighted by molar-refractivity contribution is 0.195. The molecule has 5 heteroatoms. The second-order valence-corrected chi connectivity index (χ2v) is 8.38. The molecule has 0 aromatic carbocycles. The van der Waals surface area contributed by atoms with Crippen molar-refractivity contribution in [1.82, 2.24) is 15.3 Å². The Kier molecular flexibility index (Phi) is 4.61. The molecule has 0 unspecified atom stereocenters. The summed E-state index contributed by atoms with van der Waals surface area (Å²) in [5.74, 6) is 2.17. The Balaban J connectivity index is 1.86. The van der Waals surface area contributed by atoms with Crippen molar-refractivity contribution in [2.75, 3.05) is 0 Å². The first-order valence-corrected chi connectivity index (χ1v) is 9.46. The molecule has 1 aliphatic rings. The normalized spacial score (nSPS) is 26.6. The number of H-pyrrole nitrogens is 1. The van der Waals surface area contributed by atoms with Gasteiger partial charge in [0.1, 0.15) is 10.7 Å². The van der Waals surface area contributed by atoms with Gasteiger partial charge in [-0.3, -0.25) is 4.79 Å². The van der Waals surface area contributed by atoms with Gasteiger partial charge in [0.05, 0.1) is 11.4 Å². The van der Waals surface area contributed by atoms with E-state index in [1.165, 1.54) is 24.1 Å². The molecule has 126 valence electrons. The molecule has 4 nitrogen and oxygen atoms in total. The SMILES string of the molecule is Cc1sc2nc([C@H](C)N[C@@H]3CCC[C@@H](C)[C@H]3C)[nH]c(=O)c2c1C. The molecule has 0 bridgehead atoms. The van der Waals surface area contributed by atoms with Crippen molar-refractivity contribution in [3.8, 4) is 0 Å². The predicted octanol–water partition coefficient (Wildman–Crippen LogP) is 4.08. The van der Waals surface area contributed by atoms with Crippen molar-refractivity contribution in [2.45, 2.75) is 66.0 Å². The van der Waals surface area contributed by atoms with Crippen LogP contribution in [0.5, 0.6) is 0 Å². The molecule has 0 saturated heterocycles. The summed E-state index contributed by atoms with van der Waals surface area (Å²) in [7, 11) is 0. The highest BCUT2D eigenvalue weighted by Gasteiger charge is 2.28. The smallest absolute Gasteiger partial charge is 0.259 e. The monoisotopic (exact) mass is 333 g/mol. The van der Waals surface area contributed by atoms with Gasteiger partial charge in [0, 0.05) is 10.9 Å². The van der Waals surface area contributed by atoms with Gasteiger partial charge in [-0.15, -0.1) is 11.3 Å². The third-order valence-electron chi connectivity index (χ3n) is 5.64. The van der Waals surface area contributed by atoms with Crippen LogP contribution >= 0.6 is 11.3 Å². The van der Waals surface area contributed by atoms with E-state index in [1.807, 2.05) is 13.8 Å². The molecule has 0 amide bonds. The Morgan fingerprint density at radius 3 is 2.78 bits per heavy atom. The van der Waals surface area contributed by atoms with E-state index >= 15 is 0 Å². The maximum absolute atomic E-state index is 12.4. The molecule has 2 N–H and O–H groups in total. The predicted molar refractivity (Wildman–Crippen MR) is 97.2 cm³/mol. The minimum absolute atomic E-state index is 0.00874. The molecule has 23 heavy (non-hydrogen) atoms. The van der Waals surface area contributed by atoms with Gasteiger partial charge in [0.15, 0.2) is 0 Å². The third kappa shape index (κ3) is 3.09. The van der Waals surface area contributed by atoms with Crippen LogP contribution in [0.4, 0.5) is 0 Å². The number of fused-ring (bicyclic) bond motifs is 1. The Bertz CT molecular complexity index is 763. The lowest BCUT2D eigenvalue weighted by Gasteiger charge is -2.36. The van der Waals surface area contributed by atoms with Gasteiger partial charge in [-0.25, -0.2) is 4.98 Å². The maximum Gasteiger partial charge on any atom is 0.259 e. The summed E-state index contributed by atoms with van der Waals surface area (Å²) in [6, 6.07) is 0.564. The number of aromatic nitrogens is 2. The molecule has 3 rings (SSSR count). The van der Waals surface area contributed by atoms with E-state index in [4.69, 9.17) is 4.98 Å². The van der Waals surface area contributed by atoms with E-state index in [2.05, 4.69) is 31.1 Å². The molecule has 4 atom stereocenters. The van der Waals surface area contributed by atoms with Gasteiger partial charge in [-0.1, -0.05) is 26.7 Å². The molecular formula is C18H27N3OS. The van der Waals surface area contributed by atoms with Crippen LogP contribution in [-0.4, -0.2) is 16.0 Å². The summed E-state index contributed by atoms with van der Waals surface area (Å²) >= 11 is 1.61. The van der Waals surface area contributed by atoms with E-state index in [1.54, 1.807) is 11.3 Å². The van der Waals surface area contributed by atoms with Crippen LogP contribution in [0.2, 0.25) is 0 Å². The van der Waals surface area contributed by atoms with E-state index in [-0.39, 0.29) is 11.6 Å². The number of aromatic amines is 1. The summed E-state index contributed by atoms with van der Waals surface area (Å²) < 4.78 is 0. The molecule has 1 aliphatic carbocycles. The fraction of sp³-hybridized carbons (Fsp3) is 0.667. The minimum atomic E-state index is -0.00874. The fourth-order valence-electron chi connectivity index (χ4n) is 3.69. The van der Waals surface area contributed by atoms with Crippen LogP contribution < -0.4 is 10.9 Å². The van der Waals surface area contributed by atoms with E-state index in [0.717, 1.165) is 27.5 Å². The van der Waals surface area contributed by atoms with Gasteiger partial charge in [0.2, 0.25) is 0 Å². The summed E-state index contributed by atoms with van der Waals surface area (Å²) in [5.41, 5.74) is 1.05. The van der Waals surface area contributed by atoms with Crippen LogP contribution in [0, 0.1) is 25.7 Å². The van der Waals surface area contributed by atoms with Crippen molar-refractivity contribution < 1.29 is 0 Å². The van der Waals surface area contributed by atoms with Gasteiger partial charge < -0.3 is 10.3 Å². The van der Waals surface area contributed by atoms with E-state index in [0.29, 0.717) is 12.0 Å². The highest BCUT2D eigenvalue weighted by molar-refractivity contribution is 7.18. The topological polar surface area (TPSA) is 57.8 Å². The molecule has 1 saturated carbocycles. The van der Waals surface area contributed by atoms with Crippen molar-refractivity contribution >= 4 is 21.6 Å². The maximum atomic E-state index is 12.4. The van der Waals surface area contributed by atoms with Crippen LogP contribution in [0.1, 0.15) is 62.3 Å². The number of hydrogen-bond acceptors (Lipinski definition) is 4. The summed E-state index contributed by atoms with van der Waals surface area (Å²) in [5, 5.41) is 4.45. The molecule has 2 heterocycles. The van der Waals surface area contributed by atoms with Gasteiger partial charge in [0.25, 0.3) is 5.56 Å². The Labute approximate surface area is 141 Å².